The van der Waals surface area contributed by atoms with E-state index in [1.165, 1.54) is 6.21 Å². The van der Waals surface area contributed by atoms with Crippen molar-refractivity contribution in [3.63, 3.8) is 0 Å². The van der Waals surface area contributed by atoms with Crippen LogP contribution in [-0.4, -0.2) is 16.3 Å². The zero-order valence-electron chi connectivity index (χ0n) is 10.1. The summed E-state index contributed by atoms with van der Waals surface area (Å²) in [6, 6.07) is 13.1. The van der Waals surface area contributed by atoms with Gasteiger partial charge in [-0.15, -0.1) is 0 Å². The van der Waals surface area contributed by atoms with Crippen LogP contribution in [0.1, 0.15) is 17.0 Å². The summed E-state index contributed by atoms with van der Waals surface area (Å²) >= 11 is 0. The van der Waals surface area contributed by atoms with Crippen molar-refractivity contribution in [3.05, 3.63) is 59.4 Å². The van der Waals surface area contributed by atoms with Gasteiger partial charge in [-0.1, -0.05) is 35.5 Å². The van der Waals surface area contributed by atoms with Crippen molar-refractivity contribution in [2.24, 2.45) is 5.16 Å². The molecule has 0 radical (unpaired) electrons. The molecule has 2 rings (SSSR count). The summed E-state index contributed by atoms with van der Waals surface area (Å²) in [5.41, 5.74) is 2.26. The fourth-order valence-electron chi connectivity index (χ4n) is 1.44. The molecular weight excluding hydrogens is 228 g/mol. The van der Waals surface area contributed by atoms with Gasteiger partial charge in [0, 0.05) is 5.69 Å². The third-order valence-corrected chi connectivity index (χ3v) is 2.37. The zero-order chi connectivity index (χ0) is 12.8. The molecule has 4 heteroatoms. The van der Waals surface area contributed by atoms with Crippen molar-refractivity contribution in [1.29, 1.82) is 0 Å². The molecule has 0 aliphatic heterocycles. The first-order valence-electron chi connectivity index (χ1n) is 5.61. The molecule has 0 fully saturated rings. The maximum Gasteiger partial charge on any atom is 0.142 e. The molecule has 0 amide bonds. The van der Waals surface area contributed by atoms with Crippen LogP contribution in [0.5, 0.6) is 5.75 Å². The number of benzene rings is 1. The minimum absolute atomic E-state index is 0.0904. The minimum Gasteiger partial charge on any atom is -0.506 e. The van der Waals surface area contributed by atoms with Gasteiger partial charge < -0.3 is 9.94 Å². The van der Waals surface area contributed by atoms with Gasteiger partial charge in [-0.25, -0.2) is 4.98 Å². The van der Waals surface area contributed by atoms with Crippen LogP contribution in [0.4, 0.5) is 0 Å². The highest BCUT2D eigenvalue weighted by Gasteiger charge is 1.99. The summed E-state index contributed by atoms with van der Waals surface area (Å²) < 4.78 is 0. The van der Waals surface area contributed by atoms with E-state index < -0.39 is 0 Å². The summed E-state index contributed by atoms with van der Waals surface area (Å²) in [5, 5.41) is 13.3. The van der Waals surface area contributed by atoms with Gasteiger partial charge in [0.25, 0.3) is 0 Å². The maximum atomic E-state index is 9.54. The van der Waals surface area contributed by atoms with Crippen LogP contribution >= 0.6 is 0 Å². The lowest BCUT2D eigenvalue weighted by atomic mass is 10.2. The third-order valence-electron chi connectivity index (χ3n) is 2.37. The van der Waals surface area contributed by atoms with Gasteiger partial charge in [0.2, 0.25) is 0 Å². The summed E-state index contributed by atoms with van der Waals surface area (Å²) in [6.45, 7) is 2.24. The molecule has 0 bridgehead atoms. The van der Waals surface area contributed by atoms with Crippen molar-refractivity contribution in [3.8, 4) is 5.75 Å². The van der Waals surface area contributed by atoms with E-state index in [0.29, 0.717) is 12.3 Å². The Bertz CT molecular complexity index is 539. The van der Waals surface area contributed by atoms with Crippen molar-refractivity contribution in [2.75, 3.05) is 0 Å². The van der Waals surface area contributed by atoms with Gasteiger partial charge in [0.1, 0.15) is 18.1 Å². The number of rotatable bonds is 4. The Morgan fingerprint density at radius 1 is 1.22 bits per heavy atom. The second kappa shape index (κ2) is 5.82. The Balaban J connectivity index is 1.94. The van der Waals surface area contributed by atoms with Crippen LogP contribution in [0.2, 0.25) is 0 Å². The van der Waals surface area contributed by atoms with Crippen molar-refractivity contribution < 1.29 is 9.94 Å². The molecule has 0 saturated heterocycles. The molecule has 1 aromatic carbocycles. The lowest BCUT2D eigenvalue weighted by Crippen LogP contribution is -1.92. The average Bonchev–Trinajstić information content (AvgIpc) is 2.40. The number of oxime groups is 1. The largest absolute Gasteiger partial charge is 0.506 e. The first kappa shape index (κ1) is 12.1. The summed E-state index contributed by atoms with van der Waals surface area (Å²) in [4.78, 5) is 9.27. The van der Waals surface area contributed by atoms with Crippen LogP contribution in [0.15, 0.2) is 47.6 Å². The molecule has 0 atom stereocenters. The van der Waals surface area contributed by atoms with Crippen molar-refractivity contribution in [2.45, 2.75) is 13.5 Å². The highest BCUT2D eigenvalue weighted by atomic mass is 16.6. The van der Waals surface area contributed by atoms with Crippen molar-refractivity contribution in [1.82, 2.24) is 4.98 Å². The number of hydrogen-bond acceptors (Lipinski definition) is 4. The Morgan fingerprint density at radius 3 is 2.78 bits per heavy atom. The molecule has 0 spiro atoms. The topological polar surface area (TPSA) is 54.7 Å². The average molecular weight is 242 g/mol. The van der Waals surface area contributed by atoms with Crippen molar-refractivity contribution >= 4 is 6.21 Å². The van der Waals surface area contributed by atoms with Crippen LogP contribution in [0.25, 0.3) is 0 Å². The predicted molar refractivity (Wildman–Crippen MR) is 69.5 cm³/mol. The quantitative estimate of drug-likeness (QED) is 0.662. The van der Waals surface area contributed by atoms with Gasteiger partial charge in [-0.3, -0.25) is 0 Å². The van der Waals surface area contributed by atoms with Gasteiger partial charge in [-0.05, 0) is 24.6 Å². The number of hydrogen-bond donors (Lipinski definition) is 1. The molecular formula is C14H14N2O2. The Hall–Kier alpha value is -2.36. The van der Waals surface area contributed by atoms with Crippen LogP contribution in [0.3, 0.4) is 0 Å². The second-order valence-electron chi connectivity index (χ2n) is 3.85. The summed E-state index contributed by atoms with van der Waals surface area (Å²) in [5.74, 6) is 0.0904. The van der Waals surface area contributed by atoms with E-state index in [1.54, 1.807) is 12.1 Å². The molecule has 1 N–H and O–H groups in total. The first-order chi connectivity index (χ1) is 8.75. The lowest BCUT2D eigenvalue weighted by molar-refractivity contribution is 0.132. The number of aryl methyl sites for hydroxylation is 1. The standard InChI is InChI=1S/C14H14N2O2/c1-11-7-8-14(17)13(16-11)9-15-18-10-12-5-3-2-4-6-12/h2-9,17H,10H2,1H3. The maximum absolute atomic E-state index is 9.54. The molecule has 0 aliphatic carbocycles. The van der Waals surface area contributed by atoms with E-state index in [0.717, 1.165) is 11.3 Å². The molecule has 18 heavy (non-hydrogen) atoms. The van der Waals surface area contributed by atoms with Crippen LogP contribution in [-0.2, 0) is 11.4 Å². The lowest BCUT2D eigenvalue weighted by Gasteiger charge is -2.00. The molecule has 92 valence electrons. The molecule has 1 aromatic heterocycles. The van der Waals surface area contributed by atoms with Crippen LogP contribution < -0.4 is 0 Å². The predicted octanol–water partition coefficient (Wildman–Crippen LogP) is 2.65. The highest BCUT2D eigenvalue weighted by molar-refractivity contribution is 5.80. The fraction of sp³-hybridized carbons (Fsp3) is 0.143. The van der Waals surface area contributed by atoms with E-state index in [1.807, 2.05) is 37.3 Å². The molecule has 0 saturated carbocycles. The van der Waals surface area contributed by atoms with E-state index >= 15 is 0 Å². The summed E-state index contributed by atoms with van der Waals surface area (Å²) in [6.07, 6.45) is 1.41. The normalized spacial score (nSPS) is 10.7. The number of pyridine rings is 1. The first-order valence-corrected chi connectivity index (χ1v) is 5.61. The van der Waals surface area contributed by atoms with E-state index in [-0.39, 0.29) is 5.75 Å². The van der Waals surface area contributed by atoms with E-state index in [4.69, 9.17) is 4.84 Å². The molecule has 0 unspecified atom stereocenters. The van der Waals surface area contributed by atoms with Gasteiger partial charge in [0.15, 0.2) is 0 Å². The molecule has 4 nitrogen and oxygen atoms in total. The second-order valence-corrected chi connectivity index (χ2v) is 3.85. The Morgan fingerprint density at radius 2 is 2.00 bits per heavy atom. The zero-order valence-corrected chi connectivity index (χ0v) is 10.1. The summed E-state index contributed by atoms with van der Waals surface area (Å²) in [7, 11) is 0. The molecule has 1 heterocycles. The number of aromatic hydroxyl groups is 1. The minimum atomic E-state index is 0.0904. The SMILES string of the molecule is Cc1ccc(O)c(C=NOCc2ccccc2)n1. The Kier molecular flexibility index (Phi) is 3.91. The number of nitrogens with zero attached hydrogens (tertiary/aromatic N) is 2. The van der Waals surface area contributed by atoms with E-state index in [9.17, 15) is 5.11 Å². The van der Waals surface area contributed by atoms with E-state index in [2.05, 4.69) is 10.1 Å². The Labute approximate surface area is 106 Å². The monoisotopic (exact) mass is 242 g/mol. The van der Waals surface area contributed by atoms with Gasteiger partial charge in [0.05, 0.1) is 6.21 Å². The molecule has 2 aromatic rings. The molecule has 0 aliphatic rings. The van der Waals surface area contributed by atoms with Gasteiger partial charge in [-0.2, -0.15) is 0 Å². The highest BCUT2D eigenvalue weighted by Crippen LogP contribution is 2.12. The van der Waals surface area contributed by atoms with Gasteiger partial charge >= 0.3 is 0 Å². The number of aromatic nitrogens is 1. The van der Waals surface area contributed by atoms with Crippen LogP contribution in [0, 0.1) is 6.92 Å². The third kappa shape index (κ3) is 3.31. The fourth-order valence-corrected chi connectivity index (χ4v) is 1.44. The smallest absolute Gasteiger partial charge is 0.142 e.